The van der Waals surface area contributed by atoms with Crippen molar-refractivity contribution in [3.63, 3.8) is 0 Å². The molecule has 0 radical (unpaired) electrons. The zero-order chi connectivity index (χ0) is 24.9. The van der Waals surface area contributed by atoms with Crippen LogP contribution >= 0.6 is 0 Å². The Morgan fingerprint density at radius 2 is 1.74 bits per heavy atom. The second-order valence-corrected chi connectivity index (χ2v) is 8.43. The van der Waals surface area contributed by atoms with Crippen LogP contribution in [-0.2, 0) is 16.1 Å². The first-order valence-corrected chi connectivity index (χ1v) is 11.6. The van der Waals surface area contributed by atoms with Gasteiger partial charge in [-0.05, 0) is 24.6 Å². The first-order chi connectivity index (χ1) is 16.9. The Hall–Kier alpha value is -4.08. The second kappa shape index (κ2) is 10.5. The highest BCUT2D eigenvalue weighted by molar-refractivity contribution is 6.06. The van der Waals surface area contributed by atoms with E-state index in [0.717, 1.165) is 19.3 Å². The number of amides is 3. The monoisotopic (exact) mass is 479 g/mol. The third-order valence-electron chi connectivity index (χ3n) is 5.99. The van der Waals surface area contributed by atoms with Gasteiger partial charge in [0.05, 0.1) is 17.0 Å². The van der Waals surface area contributed by atoms with E-state index in [1.54, 1.807) is 30.3 Å². The number of rotatable bonds is 7. The lowest BCUT2D eigenvalue weighted by Gasteiger charge is -2.17. The lowest BCUT2D eigenvalue weighted by Crippen LogP contribution is -2.46. The van der Waals surface area contributed by atoms with Crippen LogP contribution in [0, 0.1) is 11.7 Å². The van der Waals surface area contributed by atoms with Crippen molar-refractivity contribution in [3.05, 3.63) is 70.4 Å². The molecule has 1 saturated heterocycles. The Labute approximate surface area is 200 Å². The second-order valence-electron chi connectivity index (χ2n) is 8.43. The van der Waals surface area contributed by atoms with Crippen molar-refractivity contribution in [1.29, 1.82) is 0 Å². The Bertz CT molecular complexity index is 1340. The Balaban J connectivity index is 1.47. The summed E-state index contributed by atoms with van der Waals surface area (Å²) in [4.78, 5) is 52.0. The summed E-state index contributed by atoms with van der Waals surface area (Å²) in [5.74, 6) is -2.97. The summed E-state index contributed by atoms with van der Waals surface area (Å²) in [7, 11) is 0. The van der Waals surface area contributed by atoms with Gasteiger partial charge in [-0.15, -0.1) is 0 Å². The van der Waals surface area contributed by atoms with Crippen LogP contribution in [0.25, 0.3) is 10.8 Å². The molecule has 1 aliphatic heterocycles. The number of anilines is 1. The molecule has 9 nitrogen and oxygen atoms in total. The number of aromatic nitrogens is 2. The van der Waals surface area contributed by atoms with Crippen LogP contribution in [0.2, 0.25) is 0 Å². The van der Waals surface area contributed by atoms with E-state index in [1.807, 2.05) is 6.92 Å². The number of aryl methyl sites for hydroxylation is 1. The van der Waals surface area contributed by atoms with Crippen molar-refractivity contribution < 1.29 is 18.8 Å². The van der Waals surface area contributed by atoms with E-state index in [-0.39, 0.29) is 35.8 Å². The lowest BCUT2D eigenvalue weighted by atomic mass is 10.1. The number of benzene rings is 2. The van der Waals surface area contributed by atoms with Gasteiger partial charge < -0.3 is 4.90 Å². The maximum atomic E-state index is 14.1. The minimum absolute atomic E-state index is 0.00693. The molecule has 0 bridgehead atoms. The van der Waals surface area contributed by atoms with Gasteiger partial charge in [-0.2, -0.15) is 5.10 Å². The van der Waals surface area contributed by atoms with Gasteiger partial charge in [0.25, 0.3) is 11.5 Å². The number of hydrogen-bond donors (Lipinski definition) is 2. The minimum atomic E-state index is -0.768. The molecular weight excluding hydrogens is 453 g/mol. The number of hydrogen-bond acceptors (Lipinski definition) is 5. The number of fused-ring (bicyclic) bond motifs is 1. The van der Waals surface area contributed by atoms with Crippen molar-refractivity contribution in [2.24, 2.45) is 5.92 Å². The molecule has 2 N–H and O–H groups in total. The van der Waals surface area contributed by atoms with Gasteiger partial charge >= 0.3 is 0 Å². The first-order valence-electron chi connectivity index (χ1n) is 11.6. The van der Waals surface area contributed by atoms with E-state index in [9.17, 15) is 23.6 Å². The molecule has 0 saturated carbocycles. The van der Waals surface area contributed by atoms with Crippen LogP contribution in [0.1, 0.15) is 43.1 Å². The summed E-state index contributed by atoms with van der Waals surface area (Å²) in [6.07, 6.45) is 2.52. The maximum absolute atomic E-state index is 14.1. The fourth-order valence-electron chi connectivity index (χ4n) is 4.13. The Morgan fingerprint density at radius 3 is 2.49 bits per heavy atom. The molecule has 10 heteroatoms. The molecule has 3 amide bonds. The minimum Gasteiger partial charge on any atom is -0.309 e. The number of unbranched alkanes of at least 4 members (excludes halogenated alkanes) is 2. The molecule has 2 heterocycles. The van der Waals surface area contributed by atoms with Crippen molar-refractivity contribution in [1.82, 2.24) is 20.6 Å². The smallest absolute Gasteiger partial charge is 0.290 e. The number of hydrazine groups is 1. The molecule has 1 aliphatic rings. The average molecular weight is 480 g/mol. The number of halogens is 1. The Morgan fingerprint density at radius 1 is 1.03 bits per heavy atom. The van der Waals surface area contributed by atoms with Crippen LogP contribution < -0.4 is 21.3 Å². The van der Waals surface area contributed by atoms with Gasteiger partial charge in [-0.25, -0.2) is 9.07 Å². The van der Waals surface area contributed by atoms with E-state index >= 15 is 0 Å². The Kier molecular flexibility index (Phi) is 7.19. The molecule has 182 valence electrons. The zero-order valence-corrected chi connectivity index (χ0v) is 19.3. The lowest BCUT2D eigenvalue weighted by molar-refractivity contribution is -0.126. The average Bonchev–Trinajstić information content (AvgIpc) is 3.25. The molecule has 2 aromatic carbocycles. The van der Waals surface area contributed by atoms with Crippen molar-refractivity contribution in [3.8, 4) is 0 Å². The van der Waals surface area contributed by atoms with Gasteiger partial charge in [-0.1, -0.05) is 50.1 Å². The quantitative estimate of drug-likeness (QED) is 0.399. The largest absolute Gasteiger partial charge is 0.309 e. The highest BCUT2D eigenvalue weighted by atomic mass is 19.1. The summed E-state index contributed by atoms with van der Waals surface area (Å²) < 4.78 is 15.4. The topological polar surface area (TPSA) is 113 Å². The van der Waals surface area contributed by atoms with E-state index in [1.165, 1.54) is 27.8 Å². The van der Waals surface area contributed by atoms with Crippen LogP contribution in [0.15, 0.2) is 53.3 Å². The number of nitrogens with one attached hydrogen (secondary N) is 2. The van der Waals surface area contributed by atoms with Crippen molar-refractivity contribution in [2.45, 2.75) is 39.2 Å². The van der Waals surface area contributed by atoms with Gasteiger partial charge in [-0.3, -0.25) is 30.0 Å². The molecule has 1 atom stereocenters. The van der Waals surface area contributed by atoms with Crippen molar-refractivity contribution in [2.75, 3.05) is 11.4 Å². The van der Waals surface area contributed by atoms with Gasteiger partial charge in [0.15, 0.2) is 5.69 Å². The maximum Gasteiger partial charge on any atom is 0.290 e. The van der Waals surface area contributed by atoms with Crippen LogP contribution in [-0.4, -0.2) is 34.0 Å². The molecule has 0 spiro atoms. The molecule has 0 aliphatic carbocycles. The molecule has 35 heavy (non-hydrogen) atoms. The SMILES string of the molecule is CCCCCn1nc(C(=O)NNC(=O)C2CC(=O)N(c3ccccc3F)C2)c2ccccc2c1=O. The third-order valence-corrected chi connectivity index (χ3v) is 5.99. The fourth-order valence-corrected chi connectivity index (χ4v) is 4.13. The van der Waals surface area contributed by atoms with Crippen LogP contribution in [0.3, 0.4) is 0 Å². The molecule has 1 unspecified atom stereocenters. The molecular formula is C25H26FN5O4. The number of carbonyl (C=O) groups excluding carboxylic acids is 3. The van der Waals surface area contributed by atoms with Crippen molar-refractivity contribution >= 4 is 34.2 Å². The van der Waals surface area contributed by atoms with E-state index < -0.39 is 23.5 Å². The summed E-state index contributed by atoms with van der Waals surface area (Å²) >= 11 is 0. The van der Waals surface area contributed by atoms with Crippen LogP contribution in [0.4, 0.5) is 10.1 Å². The van der Waals surface area contributed by atoms with Crippen LogP contribution in [0.5, 0.6) is 0 Å². The number of nitrogens with zero attached hydrogens (tertiary/aromatic N) is 3. The zero-order valence-electron chi connectivity index (χ0n) is 19.3. The molecule has 1 aromatic heterocycles. The highest BCUT2D eigenvalue weighted by Crippen LogP contribution is 2.27. The summed E-state index contributed by atoms with van der Waals surface area (Å²) in [6.45, 7) is 2.41. The van der Waals surface area contributed by atoms with E-state index in [0.29, 0.717) is 17.3 Å². The standard InChI is InChI=1S/C25H26FN5O4/c1-2-3-8-13-31-25(35)18-10-5-4-9-17(18)22(29-31)24(34)28-27-23(33)16-14-21(32)30(15-16)20-12-7-6-11-19(20)26/h4-7,9-12,16H,2-3,8,13-15H2,1H3,(H,27,33)(H,28,34). The van der Waals surface area contributed by atoms with Gasteiger partial charge in [0.1, 0.15) is 5.82 Å². The number of carbonyl (C=O) groups is 3. The normalized spacial score (nSPS) is 15.4. The predicted octanol–water partition coefficient (Wildman–Crippen LogP) is 2.54. The summed E-state index contributed by atoms with van der Waals surface area (Å²) in [6, 6.07) is 12.5. The fraction of sp³-hybridized carbons (Fsp3) is 0.320. The number of para-hydroxylation sites is 1. The first kappa shape index (κ1) is 24.1. The van der Waals surface area contributed by atoms with E-state index in [4.69, 9.17) is 0 Å². The highest BCUT2D eigenvalue weighted by Gasteiger charge is 2.36. The van der Waals surface area contributed by atoms with Gasteiger partial charge in [0, 0.05) is 24.9 Å². The predicted molar refractivity (Wildman–Crippen MR) is 128 cm³/mol. The summed E-state index contributed by atoms with van der Waals surface area (Å²) in [5, 5.41) is 4.99. The molecule has 1 fully saturated rings. The molecule has 4 rings (SSSR count). The third kappa shape index (κ3) is 5.06. The van der Waals surface area contributed by atoms with E-state index in [2.05, 4.69) is 16.0 Å². The molecule has 3 aromatic rings. The summed E-state index contributed by atoms with van der Waals surface area (Å²) in [5.41, 5.74) is 4.52. The van der Waals surface area contributed by atoms with Gasteiger partial charge in [0.2, 0.25) is 11.8 Å².